The fourth-order valence-electron chi connectivity index (χ4n) is 2.67. The van der Waals surface area contributed by atoms with E-state index in [4.69, 9.17) is 14.2 Å². The van der Waals surface area contributed by atoms with Gasteiger partial charge in [0, 0.05) is 6.42 Å². The smallest absolute Gasteiger partial charge is 0.185 e. The lowest BCUT2D eigenvalue weighted by Crippen LogP contribution is -2.54. The summed E-state index contributed by atoms with van der Waals surface area (Å²) in [4.78, 5) is 11.2. The molecule has 2 saturated heterocycles. The van der Waals surface area contributed by atoms with Crippen LogP contribution in [0.4, 0.5) is 0 Å². The Labute approximate surface area is 88.9 Å². The summed E-state index contributed by atoms with van der Waals surface area (Å²) in [6.45, 7) is 0.182. The molecule has 4 heteroatoms. The van der Waals surface area contributed by atoms with E-state index in [2.05, 4.69) is 0 Å². The summed E-state index contributed by atoms with van der Waals surface area (Å²) >= 11 is 0. The summed E-state index contributed by atoms with van der Waals surface area (Å²) in [5.41, 5.74) is 0. The summed E-state index contributed by atoms with van der Waals surface area (Å²) in [7, 11) is 0. The van der Waals surface area contributed by atoms with E-state index in [0.717, 1.165) is 12.8 Å². The highest BCUT2D eigenvalue weighted by molar-refractivity contribution is 5.80. The van der Waals surface area contributed by atoms with Crippen molar-refractivity contribution in [3.63, 3.8) is 0 Å². The molecule has 1 saturated carbocycles. The number of fused-ring (bicyclic) bond motifs is 2. The molecule has 0 spiro atoms. The predicted octanol–water partition coefficient (Wildman–Crippen LogP) is 1.03. The molecule has 15 heavy (non-hydrogen) atoms. The zero-order chi connectivity index (χ0) is 10.3. The molecule has 0 aromatic rings. The van der Waals surface area contributed by atoms with Crippen molar-refractivity contribution >= 4 is 5.78 Å². The molecular weight excluding hydrogens is 196 g/mol. The van der Waals surface area contributed by atoms with Crippen LogP contribution in [0.1, 0.15) is 32.1 Å². The highest BCUT2D eigenvalue weighted by Crippen LogP contribution is 2.33. The molecule has 4 atom stereocenters. The molecule has 0 aromatic heterocycles. The van der Waals surface area contributed by atoms with Gasteiger partial charge in [0.1, 0.15) is 12.7 Å². The van der Waals surface area contributed by atoms with E-state index in [1.54, 1.807) is 0 Å². The van der Waals surface area contributed by atoms with Gasteiger partial charge in [0.2, 0.25) is 0 Å². The standard InChI is InChI=1S/C11H16O4/c12-7-5-10-11(13-6-7)15-9-4-2-1-3-8(9)14-10/h8-11H,1-6H2/t8-,9-,10+,11+/m0/s1. The van der Waals surface area contributed by atoms with Gasteiger partial charge in [-0.2, -0.15) is 0 Å². The monoisotopic (exact) mass is 212 g/mol. The highest BCUT2D eigenvalue weighted by Gasteiger charge is 2.43. The van der Waals surface area contributed by atoms with Crippen molar-refractivity contribution in [2.45, 2.75) is 56.7 Å². The van der Waals surface area contributed by atoms with Crippen molar-refractivity contribution in [2.24, 2.45) is 0 Å². The van der Waals surface area contributed by atoms with Crippen LogP contribution >= 0.6 is 0 Å². The van der Waals surface area contributed by atoms with Gasteiger partial charge in [-0.15, -0.1) is 0 Å². The number of ether oxygens (including phenoxy) is 3. The lowest BCUT2D eigenvalue weighted by Gasteiger charge is -2.44. The van der Waals surface area contributed by atoms with Crippen LogP contribution in [-0.4, -0.2) is 37.0 Å². The van der Waals surface area contributed by atoms with Crippen LogP contribution in [0.15, 0.2) is 0 Å². The van der Waals surface area contributed by atoms with Gasteiger partial charge in [0.15, 0.2) is 12.1 Å². The molecule has 0 radical (unpaired) electrons. The fraction of sp³-hybridized carbons (Fsp3) is 0.909. The maximum absolute atomic E-state index is 11.2. The number of ketones is 1. The summed E-state index contributed by atoms with van der Waals surface area (Å²) in [6.07, 6.45) is 4.90. The summed E-state index contributed by atoms with van der Waals surface area (Å²) in [5, 5.41) is 0. The molecule has 2 aliphatic heterocycles. The van der Waals surface area contributed by atoms with Crippen LogP contribution in [0.2, 0.25) is 0 Å². The fourth-order valence-corrected chi connectivity index (χ4v) is 2.67. The Balaban J connectivity index is 1.70. The second-order valence-electron chi connectivity index (χ2n) is 4.59. The van der Waals surface area contributed by atoms with Gasteiger partial charge in [0.05, 0.1) is 12.2 Å². The van der Waals surface area contributed by atoms with Crippen molar-refractivity contribution in [1.29, 1.82) is 0 Å². The minimum Gasteiger partial charge on any atom is -0.367 e. The van der Waals surface area contributed by atoms with Crippen molar-refractivity contribution in [3.8, 4) is 0 Å². The van der Waals surface area contributed by atoms with Gasteiger partial charge in [-0.05, 0) is 12.8 Å². The first-order chi connectivity index (χ1) is 7.33. The van der Waals surface area contributed by atoms with Gasteiger partial charge in [-0.1, -0.05) is 12.8 Å². The molecular formula is C11H16O4. The van der Waals surface area contributed by atoms with Gasteiger partial charge in [-0.3, -0.25) is 4.79 Å². The summed E-state index contributed by atoms with van der Waals surface area (Å²) in [6, 6.07) is 0. The number of carbonyl (C=O) groups is 1. The first-order valence-electron chi connectivity index (χ1n) is 5.77. The third kappa shape index (κ3) is 1.82. The van der Waals surface area contributed by atoms with Crippen LogP contribution in [0.5, 0.6) is 0 Å². The van der Waals surface area contributed by atoms with E-state index in [1.165, 1.54) is 12.8 Å². The zero-order valence-electron chi connectivity index (χ0n) is 8.69. The number of carbonyl (C=O) groups excluding carboxylic acids is 1. The Morgan fingerprint density at radius 3 is 2.53 bits per heavy atom. The predicted molar refractivity (Wildman–Crippen MR) is 51.4 cm³/mol. The lowest BCUT2D eigenvalue weighted by molar-refractivity contribution is -0.311. The van der Waals surface area contributed by atoms with E-state index in [1.807, 2.05) is 0 Å². The summed E-state index contributed by atoms with van der Waals surface area (Å²) < 4.78 is 17.1. The topological polar surface area (TPSA) is 44.8 Å². The Morgan fingerprint density at radius 2 is 1.73 bits per heavy atom. The Hall–Kier alpha value is -0.450. The lowest BCUT2D eigenvalue weighted by atomic mass is 9.92. The van der Waals surface area contributed by atoms with Crippen molar-refractivity contribution in [2.75, 3.05) is 6.61 Å². The quantitative estimate of drug-likeness (QED) is 0.601. The third-order valence-corrected chi connectivity index (χ3v) is 3.44. The van der Waals surface area contributed by atoms with Crippen molar-refractivity contribution < 1.29 is 19.0 Å². The van der Waals surface area contributed by atoms with Crippen LogP contribution in [0.3, 0.4) is 0 Å². The maximum Gasteiger partial charge on any atom is 0.185 e. The minimum atomic E-state index is -0.304. The van der Waals surface area contributed by atoms with Crippen LogP contribution in [-0.2, 0) is 19.0 Å². The first kappa shape index (κ1) is 9.75. The molecule has 3 fully saturated rings. The van der Waals surface area contributed by atoms with Crippen LogP contribution < -0.4 is 0 Å². The average molecular weight is 212 g/mol. The molecule has 0 N–H and O–H groups in total. The zero-order valence-corrected chi connectivity index (χ0v) is 8.69. The van der Waals surface area contributed by atoms with E-state index in [9.17, 15) is 4.79 Å². The van der Waals surface area contributed by atoms with Crippen LogP contribution in [0.25, 0.3) is 0 Å². The van der Waals surface area contributed by atoms with E-state index in [-0.39, 0.29) is 37.0 Å². The van der Waals surface area contributed by atoms with Gasteiger partial charge >= 0.3 is 0 Å². The Bertz CT molecular complexity index is 265. The maximum atomic E-state index is 11.2. The first-order valence-corrected chi connectivity index (χ1v) is 5.77. The number of hydrogen-bond acceptors (Lipinski definition) is 4. The molecule has 3 aliphatic rings. The Morgan fingerprint density at radius 1 is 1.00 bits per heavy atom. The second-order valence-corrected chi connectivity index (χ2v) is 4.59. The van der Waals surface area contributed by atoms with Gasteiger partial charge in [0.25, 0.3) is 0 Å². The average Bonchev–Trinajstić information content (AvgIpc) is 2.26. The van der Waals surface area contributed by atoms with Gasteiger partial charge < -0.3 is 14.2 Å². The highest BCUT2D eigenvalue weighted by atomic mass is 16.7. The van der Waals surface area contributed by atoms with E-state index >= 15 is 0 Å². The third-order valence-electron chi connectivity index (χ3n) is 3.44. The second kappa shape index (κ2) is 3.85. The molecule has 3 rings (SSSR count). The minimum absolute atomic E-state index is 0.120. The largest absolute Gasteiger partial charge is 0.367 e. The molecule has 0 unspecified atom stereocenters. The number of hydrogen-bond donors (Lipinski definition) is 0. The molecule has 2 heterocycles. The molecule has 1 aliphatic carbocycles. The van der Waals surface area contributed by atoms with E-state index in [0.29, 0.717) is 6.42 Å². The summed E-state index contributed by atoms with van der Waals surface area (Å²) in [5.74, 6) is 0.120. The molecule has 0 bridgehead atoms. The number of rotatable bonds is 0. The number of Topliss-reactive ketones (excluding diaryl/α,β-unsaturated/α-hetero) is 1. The Kier molecular flexibility index (Phi) is 2.50. The van der Waals surface area contributed by atoms with E-state index < -0.39 is 0 Å². The molecule has 0 aromatic carbocycles. The SMILES string of the molecule is O=C1CO[C@@H]2O[C@H]3CCCC[C@@H]3O[C@@H]2C1. The molecule has 84 valence electrons. The normalized spacial score (nSPS) is 45.7. The van der Waals surface area contributed by atoms with Crippen molar-refractivity contribution in [1.82, 2.24) is 0 Å². The van der Waals surface area contributed by atoms with Crippen LogP contribution in [0, 0.1) is 0 Å². The molecule has 4 nitrogen and oxygen atoms in total. The van der Waals surface area contributed by atoms with Crippen molar-refractivity contribution in [3.05, 3.63) is 0 Å². The molecule has 0 amide bonds. The van der Waals surface area contributed by atoms with Gasteiger partial charge in [-0.25, -0.2) is 0 Å².